The molecule has 3 aromatic heterocycles. The first-order chi connectivity index (χ1) is 12.7. The lowest BCUT2D eigenvalue weighted by molar-refractivity contribution is 0.133. The molecule has 0 fully saturated rings. The largest absolute Gasteiger partial charge is 0.357 e. The van der Waals surface area contributed by atoms with Gasteiger partial charge in [-0.25, -0.2) is 9.50 Å². The van der Waals surface area contributed by atoms with Crippen LogP contribution in [0.4, 0.5) is 0 Å². The van der Waals surface area contributed by atoms with E-state index in [1.165, 1.54) is 27.7 Å². The van der Waals surface area contributed by atoms with Crippen LogP contribution in [-0.2, 0) is 13.0 Å². The van der Waals surface area contributed by atoms with Crippen LogP contribution in [0.15, 0.2) is 48.9 Å². The zero-order valence-electron chi connectivity index (χ0n) is 15.2. The summed E-state index contributed by atoms with van der Waals surface area (Å²) in [4.78, 5) is 10.8. The lowest BCUT2D eigenvalue weighted by Crippen LogP contribution is -2.37. The van der Waals surface area contributed by atoms with E-state index in [0.717, 1.165) is 25.2 Å². The molecule has 4 heterocycles. The average molecular weight is 345 g/mol. The van der Waals surface area contributed by atoms with E-state index >= 15 is 0 Å². The maximum absolute atomic E-state index is 4.52. The molecule has 1 N–H and O–H groups in total. The average Bonchev–Trinajstić information content (AvgIpc) is 3.22. The Balaban J connectivity index is 1.55. The van der Waals surface area contributed by atoms with Gasteiger partial charge < -0.3 is 4.98 Å². The van der Waals surface area contributed by atoms with Crippen LogP contribution >= 0.6 is 0 Å². The molecule has 0 spiro atoms. The maximum Gasteiger partial charge on any atom is 0.159 e. The van der Waals surface area contributed by atoms with Crippen molar-refractivity contribution in [3.05, 3.63) is 65.7 Å². The first-order valence-corrected chi connectivity index (χ1v) is 9.33. The number of aromatic amines is 1. The van der Waals surface area contributed by atoms with Crippen molar-refractivity contribution in [3.63, 3.8) is 0 Å². The third kappa shape index (κ3) is 2.35. The Morgan fingerprint density at radius 3 is 3.00 bits per heavy atom. The molecule has 1 unspecified atom stereocenters. The summed E-state index contributed by atoms with van der Waals surface area (Å²) in [5.41, 5.74) is 6.28. The third-order valence-corrected chi connectivity index (χ3v) is 5.54. The first-order valence-electron chi connectivity index (χ1n) is 9.33. The van der Waals surface area contributed by atoms with Crippen LogP contribution in [0.1, 0.15) is 36.7 Å². The lowest BCUT2D eigenvalue weighted by atomic mass is 9.90. The van der Waals surface area contributed by atoms with Gasteiger partial charge in [0.25, 0.3) is 0 Å². The van der Waals surface area contributed by atoms with Crippen LogP contribution < -0.4 is 0 Å². The van der Waals surface area contributed by atoms with E-state index in [1.54, 1.807) is 0 Å². The van der Waals surface area contributed by atoms with Gasteiger partial charge in [0.15, 0.2) is 5.65 Å². The van der Waals surface area contributed by atoms with Gasteiger partial charge in [-0.15, -0.1) is 0 Å². The second-order valence-electron chi connectivity index (χ2n) is 7.53. The van der Waals surface area contributed by atoms with Crippen LogP contribution in [0.2, 0.25) is 0 Å². The molecular formula is C21H23N5. The summed E-state index contributed by atoms with van der Waals surface area (Å²) in [5.74, 6) is 0.525. The fraction of sp³-hybridized carbons (Fsp3) is 0.333. The normalized spacial score (nSPS) is 18.0. The minimum Gasteiger partial charge on any atom is -0.357 e. The molecule has 1 aromatic carbocycles. The van der Waals surface area contributed by atoms with E-state index in [-0.39, 0.29) is 0 Å². The van der Waals surface area contributed by atoms with Gasteiger partial charge in [-0.2, -0.15) is 5.10 Å². The van der Waals surface area contributed by atoms with E-state index in [9.17, 15) is 0 Å². The van der Waals surface area contributed by atoms with E-state index in [1.807, 2.05) is 29.2 Å². The number of benzene rings is 1. The maximum atomic E-state index is 4.52. The van der Waals surface area contributed by atoms with Crippen LogP contribution in [0.5, 0.6) is 0 Å². The fourth-order valence-electron chi connectivity index (χ4n) is 4.46. The summed E-state index contributed by atoms with van der Waals surface area (Å²) in [5, 5.41) is 5.83. The van der Waals surface area contributed by atoms with Crippen molar-refractivity contribution < 1.29 is 0 Å². The molecule has 0 saturated carbocycles. The number of H-pyrrole nitrogens is 1. The number of nitrogens with one attached hydrogen (secondary N) is 1. The molecule has 0 amide bonds. The molecule has 5 rings (SSSR count). The summed E-state index contributed by atoms with van der Waals surface area (Å²) in [6.45, 7) is 6.55. The smallest absolute Gasteiger partial charge is 0.159 e. The Morgan fingerprint density at radius 1 is 1.23 bits per heavy atom. The van der Waals surface area contributed by atoms with E-state index < -0.39 is 0 Å². The summed E-state index contributed by atoms with van der Waals surface area (Å²) in [6.07, 6.45) is 6.83. The quantitative estimate of drug-likeness (QED) is 0.611. The van der Waals surface area contributed by atoms with Crippen molar-refractivity contribution >= 4 is 16.6 Å². The van der Waals surface area contributed by atoms with E-state index in [4.69, 9.17) is 0 Å². The number of fused-ring (bicyclic) bond motifs is 4. The molecule has 5 heteroatoms. The highest BCUT2D eigenvalue weighted by atomic mass is 15.3. The highest BCUT2D eigenvalue weighted by molar-refractivity contribution is 5.85. The number of rotatable bonds is 3. The highest BCUT2D eigenvalue weighted by Crippen LogP contribution is 2.39. The Morgan fingerprint density at radius 2 is 2.12 bits per heavy atom. The minimum atomic E-state index is 0.379. The predicted molar refractivity (Wildman–Crippen MR) is 103 cm³/mol. The predicted octanol–water partition coefficient (Wildman–Crippen LogP) is 3.97. The molecule has 5 nitrogen and oxygen atoms in total. The number of para-hydroxylation sites is 1. The molecule has 0 aliphatic carbocycles. The molecule has 1 aliphatic rings. The Labute approximate surface area is 152 Å². The zero-order valence-corrected chi connectivity index (χ0v) is 15.2. The SMILES string of the molecule is CC(C)C1c2[nH]c3ccccc3c2CCN1Cc1cnn2cccnc12. The fourth-order valence-corrected chi connectivity index (χ4v) is 4.46. The van der Waals surface area contributed by atoms with Crippen molar-refractivity contribution in [2.45, 2.75) is 32.9 Å². The zero-order chi connectivity index (χ0) is 17.7. The van der Waals surface area contributed by atoms with Crippen LogP contribution in [0.25, 0.3) is 16.6 Å². The Bertz CT molecular complexity index is 1070. The molecule has 0 bridgehead atoms. The first kappa shape index (κ1) is 15.6. The van der Waals surface area contributed by atoms with Crippen molar-refractivity contribution in [1.82, 2.24) is 24.5 Å². The monoisotopic (exact) mass is 345 g/mol. The van der Waals surface area contributed by atoms with Gasteiger partial charge in [0, 0.05) is 47.6 Å². The van der Waals surface area contributed by atoms with Crippen molar-refractivity contribution in [1.29, 1.82) is 0 Å². The van der Waals surface area contributed by atoms with Gasteiger partial charge in [0.05, 0.1) is 12.2 Å². The highest BCUT2D eigenvalue weighted by Gasteiger charge is 2.32. The molecule has 1 aliphatic heterocycles. The second kappa shape index (κ2) is 5.95. The molecule has 0 saturated heterocycles. The molecule has 1 atom stereocenters. The molecule has 0 radical (unpaired) electrons. The summed E-state index contributed by atoms with van der Waals surface area (Å²) in [6, 6.07) is 11.0. The number of aromatic nitrogens is 4. The Hall–Kier alpha value is -2.66. The summed E-state index contributed by atoms with van der Waals surface area (Å²) in [7, 11) is 0. The molecular weight excluding hydrogens is 322 g/mol. The lowest BCUT2D eigenvalue weighted by Gasteiger charge is -2.38. The third-order valence-electron chi connectivity index (χ3n) is 5.54. The molecule has 4 aromatic rings. The van der Waals surface area contributed by atoms with Crippen LogP contribution in [-0.4, -0.2) is 31.0 Å². The molecule has 132 valence electrons. The van der Waals surface area contributed by atoms with Gasteiger partial charge in [0.2, 0.25) is 0 Å². The van der Waals surface area contributed by atoms with Gasteiger partial charge >= 0.3 is 0 Å². The number of nitrogens with zero attached hydrogens (tertiary/aromatic N) is 4. The van der Waals surface area contributed by atoms with Crippen LogP contribution in [0.3, 0.4) is 0 Å². The van der Waals surface area contributed by atoms with Gasteiger partial charge in [-0.1, -0.05) is 32.0 Å². The number of hydrogen-bond acceptors (Lipinski definition) is 3. The summed E-state index contributed by atoms with van der Waals surface area (Å²) < 4.78 is 1.86. The summed E-state index contributed by atoms with van der Waals surface area (Å²) >= 11 is 0. The van der Waals surface area contributed by atoms with E-state index in [0.29, 0.717) is 12.0 Å². The standard InChI is InChI=1S/C21H23N5/c1-14(2)20-19-17(16-6-3-4-7-18(16)24-19)8-11-25(20)13-15-12-23-26-10-5-9-22-21(15)26/h3-7,9-10,12,14,20,24H,8,11,13H2,1-2H3. The molecule has 26 heavy (non-hydrogen) atoms. The van der Waals surface area contributed by atoms with Crippen molar-refractivity contribution in [2.75, 3.05) is 6.54 Å². The topological polar surface area (TPSA) is 49.2 Å². The second-order valence-corrected chi connectivity index (χ2v) is 7.53. The van der Waals surface area contributed by atoms with Gasteiger partial charge in [0.1, 0.15) is 0 Å². The minimum absolute atomic E-state index is 0.379. The van der Waals surface area contributed by atoms with Crippen molar-refractivity contribution in [2.24, 2.45) is 5.92 Å². The Kier molecular flexibility index (Phi) is 3.57. The van der Waals surface area contributed by atoms with Gasteiger partial charge in [-0.3, -0.25) is 4.90 Å². The van der Waals surface area contributed by atoms with Crippen molar-refractivity contribution in [3.8, 4) is 0 Å². The van der Waals surface area contributed by atoms with E-state index in [2.05, 4.69) is 58.1 Å². The number of hydrogen-bond donors (Lipinski definition) is 1. The van der Waals surface area contributed by atoms with Gasteiger partial charge in [-0.05, 0) is 30.0 Å². The van der Waals surface area contributed by atoms with Crippen LogP contribution in [0, 0.1) is 5.92 Å².